The fourth-order valence-electron chi connectivity index (χ4n) is 2.23. The summed E-state index contributed by atoms with van der Waals surface area (Å²) in [5.74, 6) is 0.806. The van der Waals surface area contributed by atoms with E-state index < -0.39 is 0 Å². The van der Waals surface area contributed by atoms with Crippen molar-refractivity contribution in [3.8, 4) is 0 Å². The van der Waals surface area contributed by atoms with E-state index in [4.69, 9.17) is 10.5 Å². The molecule has 72 valence electrons. The van der Waals surface area contributed by atoms with Crippen LogP contribution in [0.3, 0.4) is 0 Å². The predicted octanol–water partition coefficient (Wildman–Crippen LogP) is 1.93. The van der Waals surface area contributed by atoms with Crippen LogP contribution < -0.4 is 5.73 Å². The Morgan fingerprint density at radius 3 is 2.92 bits per heavy atom. The second-order valence-electron chi connectivity index (χ2n) is 4.31. The standard InChI is InChI=1S/C10H21NO/c1-9-4-3-5-10(11,8-9)6-7-12-2/h9H,3-8,11H2,1-2H3. The predicted molar refractivity (Wildman–Crippen MR) is 51.0 cm³/mol. The van der Waals surface area contributed by atoms with Crippen LogP contribution in [0.5, 0.6) is 0 Å². The number of rotatable bonds is 3. The summed E-state index contributed by atoms with van der Waals surface area (Å²) in [5.41, 5.74) is 6.33. The largest absolute Gasteiger partial charge is 0.385 e. The summed E-state index contributed by atoms with van der Waals surface area (Å²) in [5, 5.41) is 0. The Kier molecular flexibility index (Phi) is 3.53. The molecule has 0 aliphatic heterocycles. The van der Waals surface area contributed by atoms with Gasteiger partial charge in [0, 0.05) is 19.3 Å². The molecule has 0 aromatic carbocycles. The minimum absolute atomic E-state index is 0.0771. The third kappa shape index (κ3) is 2.76. The van der Waals surface area contributed by atoms with E-state index in [1.54, 1.807) is 7.11 Å². The van der Waals surface area contributed by atoms with Crippen LogP contribution in [0.1, 0.15) is 39.0 Å². The van der Waals surface area contributed by atoms with Gasteiger partial charge in [-0.1, -0.05) is 19.8 Å². The molecular weight excluding hydrogens is 150 g/mol. The molecule has 12 heavy (non-hydrogen) atoms. The zero-order chi connectivity index (χ0) is 9.03. The molecule has 2 N–H and O–H groups in total. The van der Waals surface area contributed by atoms with Crippen LogP contribution >= 0.6 is 0 Å². The third-order valence-electron chi connectivity index (χ3n) is 2.93. The van der Waals surface area contributed by atoms with Crippen molar-refractivity contribution in [3.63, 3.8) is 0 Å². The van der Waals surface area contributed by atoms with E-state index in [2.05, 4.69) is 6.92 Å². The van der Waals surface area contributed by atoms with E-state index in [9.17, 15) is 0 Å². The molecule has 2 unspecified atom stereocenters. The van der Waals surface area contributed by atoms with Gasteiger partial charge in [-0.25, -0.2) is 0 Å². The van der Waals surface area contributed by atoms with Crippen molar-refractivity contribution in [2.75, 3.05) is 13.7 Å². The lowest BCUT2D eigenvalue weighted by atomic mass is 9.75. The molecule has 0 spiro atoms. The molecule has 1 aliphatic carbocycles. The highest BCUT2D eigenvalue weighted by Crippen LogP contribution is 2.32. The Morgan fingerprint density at radius 2 is 2.33 bits per heavy atom. The van der Waals surface area contributed by atoms with E-state index >= 15 is 0 Å². The Hall–Kier alpha value is -0.0800. The maximum absolute atomic E-state index is 6.26. The van der Waals surface area contributed by atoms with Crippen molar-refractivity contribution in [2.24, 2.45) is 11.7 Å². The number of ether oxygens (including phenoxy) is 1. The van der Waals surface area contributed by atoms with E-state index in [-0.39, 0.29) is 5.54 Å². The van der Waals surface area contributed by atoms with Crippen LogP contribution in [-0.2, 0) is 4.74 Å². The number of methoxy groups -OCH3 is 1. The van der Waals surface area contributed by atoms with Gasteiger partial charge in [-0.3, -0.25) is 0 Å². The van der Waals surface area contributed by atoms with Gasteiger partial charge in [0.15, 0.2) is 0 Å². The van der Waals surface area contributed by atoms with Crippen molar-refractivity contribution in [1.82, 2.24) is 0 Å². The monoisotopic (exact) mass is 171 g/mol. The van der Waals surface area contributed by atoms with E-state index in [1.807, 2.05) is 0 Å². The molecule has 1 aliphatic rings. The molecule has 0 radical (unpaired) electrons. The lowest BCUT2D eigenvalue weighted by Crippen LogP contribution is -2.44. The van der Waals surface area contributed by atoms with Gasteiger partial charge >= 0.3 is 0 Å². The van der Waals surface area contributed by atoms with Gasteiger partial charge in [0.05, 0.1) is 0 Å². The second-order valence-corrected chi connectivity index (χ2v) is 4.31. The summed E-state index contributed by atoms with van der Waals surface area (Å²) < 4.78 is 5.07. The minimum Gasteiger partial charge on any atom is -0.385 e. The van der Waals surface area contributed by atoms with Gasteiger partial charge in [0.25, 0.3) is 0 Å². The first-order valence-electron chi connectivity index (χ1n) is 4.94. The van der Waals surface area contributed by atoms with Crippen molar-refractivity contribution >= 4 is 0 Å². The van der Waals surface area contributed by atoms with Crippen molar-refractivity contribution < 1.29 is 4.74 Å². The summed E-state index contributed by atoms with van der Waals surface area (Å²) in [6, 6.07) is 0. The van der Waals surface area contributed by atoms with Crippen molar-refractivity contribution in [1.29, 1.82) is 0 Å². The molecule has 0 bridgehead atoms. The molecule has 2 nitrogen and oxygen atoms in total. The summed E-state index contributed by atoms with van der Waals surface area (Å²) >= 11 is 0. The lowest BCUT2D eigenvalue weighted by molar-refractivity contribution is 0.138. The van der Waals surface area contributed by atoms with Gasteiger partial charge in [0.1, 0.15) is 0 Å². The summed E-state index contributed by atoms with van der Waals surface area (Å²) in [6.07, 6.45) is 6.03. The van der Waals surface area contributed by atoms with Gasteiger partial charge < -0.3 is 10.5 Å². The summed E-state index contributed by atoms with van der Waals surface area (Å²) in [4.78, 5) is 0. The SMILES string of the molecule is COCCC1(N)CCCC(C)C1. The maximum Gasteiger partial charge on any atom is 0.0479 e. The van der Waals surface area contributed by atoms with Gasteiger partial charge in [0.2, 0.25) is 0 Å². The number of hydrogen-bond acceptors (Lipinski definition) is 2. The van der Waals surface area contributed by atoms with E-state index in [0.29, 0.717) is 0 Å². The molecule has 0 aromatic rings. The second kappa shape index (κ2) is 4.24. The van der Waals surface area contributed by atoms with Crippen LogP contribution in [0.25, 0.3) is 0 Å². The highest BCUT2D eigenvalue weighted by Gasteiger charge is 2.30. The van der Waals surface area contributed by atoms with E-state index in [1.165, 1.54) is 25.7 Å². The molecule has 0 aromatic heterocycles. The number of nitrogens with two attached hydrogens (primary N) is 1. The highest BCUT2D eigenvalue weighted by atomic mass is 16.5. The minimum atomic E-state index is 0.0771. The maximum atomic E-state index is 6.26. The van der Waals surface area contributed by atoms with Crippen LogP contribution in [0.15, 0.2) is 0 Å². The normalized spacial score (nSPS) is 36.8. The first-order chi connectivity index (χ1) is 5.66. The Bertz CT molecular complexity index is 138. The zero-order valence-electron chi connectivity index (χ0n) is 8.31. The third-order valence-corrected chi connectivity index (χ3v) is 2.93. The van der Waals surface area contributed by atoms with Crippen LogP contribution in [0.4, 0.5) is 0 Å². The molecule has 2 heteroatoms. The highest BCUT2D eigenvalue weighted by molar-refractivity contribution is 4.89. The fourth-order valence-corrected chi connectivity index (χ4v) is 2.23. The quantitative estimate of drug-likeness (QED) is 0.704. The Balaban J connectivity index is 2.35. The lowest BCUT2D eigenvalue weighted by Gasteiger charge is -2.36. The van der Waals surface area contributed by atoms with Crippen molar-refractivity contribution in [2.45, 2.75) is 44.6 Å². The van der Waals surface area contributed by atoms with Gasteiger partial charge in [-0.15, -0.1) is 0 Å². The summed E-state index contributed by atoms with van der Waals surface area (Å²) in [7, 11) is 1.75. The molecule has 0 heterocycles. The smallest absolute Gasteiger partial charge is 0.0479 e. The topological polar surface area (TPSA) is 35.2 Å². The van der Waals surface area contributed by atoms with Crippen LogP contribution in [0.2, 0.25) is 0 Å². The first-order valence-corrected chi connectivity index (χ1v) is 4.94. The molecular formula is C10H21NO. The fraction of sp³-hybridized carbons (Fsp3) is 1.00. The average molecular weight is 171 g/mol. The number of hydrogen-bond donors (Lipinski definition) is 1. The van der Waals surface area contributed by atoms with E-state index in [0.717, 1.165) is 18.9 Å². The van der Waals surface area contributed by atoms with Gasteiger partial charge in [-0.05, 0) is 25.2 Å². The molecule has 1 saturated carbocycles. The van der Waals surface area contributed by atoms with Gasteiger partial charge in [-0.2, -0.15) is 0 Å². The molecule has 2 atom stereocenters. The summed E-state index contributed by atoms with van der Waals surface area (Å²) in [6.45, 7) is 3.11. The first kappa shape index (κ1) is 10.0. The Morgan fingerprint density at radius 1 is 1.58 bits per heavy atom. The molecule has 0 amide bonds. The average Bonchev–Trinajstić information content (AvgIpc) is 2.01. The Labute approximate surface area is 75.5 Å². The molecule has 0 saturated heterocycles. The van der Waals surface area contributed by atoms with Crippen LogP contribution in [0, 0.1) is 5.92 Å². The zero-order valence-corrected chi connectivity index (χ0v) is 8.31. The van der Waals surface area contributed by atoms with Crippen LogP contribution in [-0.4, -0.2) is 19.3 Å². The van der Waals surface area contributed by atoms with Crippen molar-refractivity contribution in [3.05, 3.63) is 0 Å². The molecule has 1 rings (SSSR count). The molecule has 1 fully saturated rings.